The molecule has 0 saturated heterocycles. The monoisotopic (exact) mass is 243 g/mol. The Balaban J connectivity index is 2.58. The van der Waals surface area contributed by atoms with Crippen molar-refractivity contribution >= 4 is 5.82 Å². The van der Waals surface area contributed by atoms with E-state index in [2.05, 4.69) is 22.2 Å². The van der Waals surface area contributed by atoms with Gasteiger partial charge in [-0.15, -0.1) is 0 Å². The first-order valence-electron chi connectivity index (χ1n) is 6.00. The Hall–Kier alpha value is -2.10. The van der Waals surface area contributed by atoms with Crippen LogP contribution in [0, 0.1) is 6.92 Å². The number of benzene rings is 1. The summed E-state index contributed by atoms with van der Waals surface area (Å²) in [5.41, 5.74) is 2.91. The Morgan fingerprint density at radius 2 is 2.06 bits per heavy atom. The highest BCUT2D eigenvalue weighted by Crippen LogP contribution is 2.24. The van der Waals surface area contributed by atoms with Gasteiger partial charge in [-0.1, -0.05) is 19.1 Å². The number of rotatable bonds is 3. The van der Waals surface area contributed by atoms with Crippen LogP contribution >= 0.6 is 0 Å². The van der Waals surface area contributed by atoms with Gasteiger partial charge in [-0.3, -0.25) is 0 Å². The van der Waals surface area contributed by atoms with E-state index in [0.29, 0.717) is 5.82 Å². The second kappa shape index (κ2) is 5.04. The number of aryl methyl sites for hydroxylation is 1. The van der Waals surface area contributed by atoms with E-state index in [0.717, 1.165) is 29.1 Å². The smallest absolute Gasteiger partial charge is 0.161 e. The molecule has 2 aromatic rings. The normalized spacial score (nSPS) is 10.4. The summed E-state index contributed by atoms with van der Waals surface area (Å²) in [4.78, 5) is 9.03. The molecule has 0 amide bonds. The second-order valence-corrected chi connectivity index (χ2v) is 4.12. The van der Waals surface area contributed by atoms with E-state index in [1.807, 2.05) is 20.0 Å². The third-order valence-electron chi connectivity index (χ3n) is 2.92. The van der Waals surface area contributed by atoms with Gasteiger partial charge in [0.15, 0.2) is 5.82 Å². The fourth-order valence-electron chi connectivity index (χ4n) is 1.92. The molecule has 94 valence electrons. The molecule has 0 aliphatic carbocycles. The Labute approximate surface area is 107 Å². The Kier molecular flexibility index (Phi) is 3.46. The Morgan fingerprint density at radius 3 is 2.67 bits per heavy atom. The van der Waals surface area contributed by atoms with Gasteiger partial charge < -0.3 is 10.4 Å². The SMILES string of the molecule is CCc1nc(-c2cccc(O)c2)nc(NC)c1C. The molecule has 2 rings (SSSR count). The van der Waals surface area contributed by atoms with Crippen LogP contribution in [0.4, 0.5) is 5.82 Å². The van der Waals surface area contributed by atoms with E-state index in [4.69, 9.17) is 0 Å². The number of hydrogen-bond donors (Lipinski definition) is 2. The number of aromatic hydroxyl groups is 1. The van der Waals surface area contributed by atoms with Crippen LogP contribution in [0.1, 0.15) is 18.2 Å². The Morgan fingerprint density at radius 1 is 1.28 bits per heavy atom. The van der Waals surface area contributed by atoms with Gasteiger partial charge in [0, 0.05) is 23.9 Å². The molecule has 1 aromatic heterocycles. The summed E-state index contributed by atoms with van der Waals surface area (Å²) in [5.74, 6) is 1.69. The zero-order valence-electron chi connectivity index (χ0n) is 10.9. The highest BCUT2D eigenvalue weighted by molar-refractivity contribution is 5.61. The van der Waals surface area contributed by atoms with Crippen molar-refractivity contribution in [1.29, 1.82) is 0 Å². The molecule has 0 unspecified atom stereocenters. The highest BCUT2D eigenvalue weighted by Gasteiger charge is 2.10. The summed E-state index contributed by atoms with van der Waals surface area (Å²) in [6.45, 7) is 4.08. The van der Waals surface area contributed by atoms with Gasteiger partial charge in [0.2, 0.25) is 0 Å². The van der Waals surface area contributed by atoms with Crippen LogP contribution in [0.2, 0.25) is 0 Å². The van der Waals surface area contributed by atoms with Crippen LogP contribution in [0.15, 0.2) is 24.3 Å². The zero-order chi connectivity index (χ0) is 13.1. The molecule has 4 heteroatoms. The first-order valence-corrected chi connectivity index (χ1v) is 6.00. The minimum absolute atomic E-state index is 0.223. The minimum Gasteiger partial charge on any atom is -0.508 e. The molecular weight excluding hydrogens is 226 g/mol. The van der Waals surface area contributed by atoms with Crippen molar-refractivity contribution in [3.63, 3.8) is 0 Å². The molecule has 0 aliphatic rings. The number of nitrogens with zero attached hydrogens (tertiary/aromatic N) is 2. The maximum absolute atomic E-state index is 9.51. The molecule has 0 bridgehead atoms. The summed E-state index contributed by atoms with van der Waals surface area (Å²) < 4.78 is 0. The van der Waals surface area contributed by atoms with Gasteiger partial charge in [0.1, 0.15) is 11.6 Å². The van der Waals surface area contributed by atoms with Crippen LogP contribution in [-0.4, -0.2) is 22.1 Å². The number of aromatic nitrogens is 2. The van der Waals surface area contributed by atoms with Crippen LogP contribution in [0.5, 0.6) is 5.75 Å². The quantitative estimate of drug-likeness (QED) is 0.870. The third-order valence-corrected chi connectivity index (χ3v) is 2.92. The van der Waals surface area contributed by atoms with Gasteiger partial charge in [0.05, 0.1) is 0 Å². The first-order chi connectivity index (χ1) is 8.65. The van der Waals surface area contributed by atoms with E-state index in [1.54, 1.807) is 18.2 Å². The molecule has 4 nitrogen and oxygen atoms in total. The zero-order valence-corrected chi connectivity index (χ0v) is 10.9. The van der Waals surface area contributed by atoms with Gasteiger partial charge in [-0.25, -0.2) is 9.97 Å². The molecular formula is C14H17N3O. The van der Waals surface area contributed by atoms with Gasteiger partial charge in [-0.2, -0.15) is 0 Å². The van der Waals surface area contributed by atoms with Gasteiger partial charge in [-0.05, 0) is 25.5 Å². The minimum atomic E-state index is 0.223. The number of nitrogens with one attached hydrogen (secondary N) is 1. The van der Waals surface area contributed by atoms with Gasteiger partial charge in [0.25, 0.3) is 0 Å². The molecule has 18 heavy (non-hydrogen) atoms. The lowest BCUT2D eigenvalue weighted by molar-refractivity contribution is 0.475. The lowest BCUT2D eigenvalue weighted by Gasteiger charge is -2.11. The summed E-state index contributed by atoms with van der Waals surface area (Å²) in [7, 11) is 1.85. The molecule has 0 atom stereocenters. The second-order valence-electron chi connectivity index (χ2n) is 4.12. The van der Waals surface area contributed by atoms with Gasteiger partial charge >= 0.3 is 0 Å². The molecule has 1 heterocycles. The molecule has 0 radical (unpaired) electrons. The summed E-state index contributed by atoms with van der Waals surface area (Å²) in [5, 5.41) is 12.6. The lowest BCUT2D eigenvalue weighted by Crippen LogP contribution is -2.04. The van der Waals surface area contributed by atoms with Crippen molar-refractivity contribution in [2.75, 3.05) is 12.4 Å². The van der Waals surface area contributed by atoms with Crippen molar-refractivity contribution in [3.05, 3.63) is 35.5 Å². The largest absolute Gasteiger partial charge is 0.508 e. The summed E-state index contributed by atoms with van der Waals surface area (Å²) in [6.07, 6.45) is 0.856. The fourth-order valence-corrected chi connectivity index (χ4v) is 1.92. The molecule has 0 spiro atoms. The number of phenolic OH excluding ortho intramolecular Hbond substituents is 1. The average molecular weight is 243 g/mol. The van der Waals surface area contributed by atoms with Crippen LogP contribution in [0.3, 0.4) is 0 Å². The lowest BCUT2D eigenvalue weighted by atomic mass is 10.1. The van der Waals surface area contributed by atoms with Crippen molar-refractivity contribution < 1.29 is 5.11 Å². The van der Waals surface area contributed by atoms with Crippen LogP contribution in [0.25, 0.3) is 11.4 Å². The summed E-state index contributed by atoms with van der Waals surface area (Å²) >= 11 is 0. The van der Waals surface area contributed by atoms with E-state index >= 15 is 0 Å². The molecule has 0 fully saturated rings. The van der Waals surface area contributed by atoms with Crippen molar-refractivity contribution in [2.45, 2.75) is 20.3 Å². The number of anilines is 1. The predicted octanol–water partition coefficient (Wildman–Crippen LogP) is 2.76. The Bertz CT molecular complexity index is 542. The maximum atomic E-state index is 9.51. The van der Waals surface area contributed by atoms with E-state index < -0.39 is 0 Å². The number of phenols is 1. The van der Waals surface area contributed by atoms with Crippen molar-refractivity contribution in [2.24, 2.45) is 0 Å². The first kappa shape index (κ1) is 12.4. The number of hydrogen-bond acceptors (Lipinski definition) is 4. The molecule has 2 N–H and O–H groups in total. The topological polar surface area (TPSA) is 58.0 Å². The van der Waals surface area contributed by atoms with E-state index in [1.165, 1.54) is 0 Å². The third kappa shape index (κ3) is 2.27. The molecule has 0 aliphatic heterocycles. The van der Waals surface area contributed by atoms with E-state index in [9.17, 15) is 5.11 Å². The molecule has 1 aromatic carbocycles. The van der Waals surface area contributed by atoms with E-state index in [-0.39, 0.29) is 5.75 Å². The molecule has 0 saturated carbocycles. The predicted molar refractivity (Wildman–Crippen MR) is 72.8 cm³/mol. The van der Waals surface area contributed by atoms with Crippen LogP contribution in [-0.2, 0) is 6.42 Å². The van der Waals surface area contributed by atoms with Crippen molar-refractivity contribution in [3.8, 4) is 17.1 Å². The average Bonchev–Trinajstić information content (AvgIpc) is 2.39. The fraction of sp³-hybridized carbons (Fsp3) is 0.286. The summed E-state index contributed by atoms with van der Waals surface area (Å²) in [6, 6.07) is 6.99. The highest BCUT2D eigenvalue weighted by atomic mass is 16.3. The standard InChI is InChI=1S/C14H17N3O/c1-4-12-9(2)13(15-3)17-14(16-12)10-6-5-7-11(18)8-10/h5-8,18H,4H2,1-3H3,(H,15,16,17). The van der Waals surface area contributed by atoms with Crippen LogP contribution < -0.4 is 5.32 Å². The maximum Gasteiger partial charge on any atom is 0.161 e. The van der Waals surface area contributed by atoms with Crippen molar-refractivity contribution in [1.82, 2.24) is 9.97 Å².